The quantitative estimate of drug-likeness (QED) is 0.885. The van der Waals surface area contributed by atoms with E-state index in [1.54, 1.807) is 16.8 Å². The summed E-state index contributed by atoms with van der Waals surface area (Å²) < 4.78 is 1.69. The van der Waals surface area contributed by atoms with Gasteiger partial charge in [0, 0.05) is 6.04 Å². The maximum absolute atomic E-state index is 8.81. The van der Waals surface area contributed by atoms with E-state index in [0.29, 0.717) is 18.2 Å². The Morgan fingerprint density at radius 2 is 1.90 bits per heavy atom. The van der Waals surface area contributed by atoms with Crippen LogP contribution in [-0.4, -0.2) is 26.2 Å². The van der Waals surface area contributed by atoms with Gasteiger partial charge in [-0.15, -0.1) is 17.5 Å². The van der Waals surface area contributed by atoms with E-state index >= 15 is 0 Å². The first-order valence-corrected chi connectivity index (χ1v) is 6.79. The van der Waals surface area contributed by atoms with Crippen LogP contribution in [-0.2, 0) is 6.54 Å². The monoisotopic (exact) mass is 306 g/mol. The van der Waals surface area contributed by atoms with Gasteiger partial charge in [0.25, 0.3) is 0 Å². The van der Waals surface area contributed by atoms with Crippen LogP contribution in [0.25, 0.3) is 5.69 Å². The number of halogens is 1. The molecule has 1 N–H and O–H groups in total. The SMILES string of the molecule is CCC(CC)NCc1nnnn1-c1ccc(C#N)cc1.Cl. The van der Waals surface area contributed by atoms with Crippen molar-refractivity contribution in [2.75, 3.05) is 0 Å². The van der Waals surface area contributed by atoms with Crippen molar-refractivity contribution in [3.8, 4) is 11.8 Å². The third-order valence-corrected chi connectivity index (χ3v) is 3.31. The van der Waals surface area contributed by atoms with Crippen molar-refractivity contribution in [2.45, 2.75) is 39.3 Å². The Morgan fingerprint density at radius 1 is 1.24 bits per heavy atom. The van der Waals surface area contributed by atoms with Gasteiger partial charge in [0.15, 0.2) is 5.82 Å². The van der Waals surface area contributed by atoms with Gasteiger partial charge in [-0.05, 0) is 47.5 Å². The van der Waals surface area contributed by atoms with E-state index in [0.717, 1.165) is 24.4 Å². The summed E-state index contributed by atoms with van der Waals surface area (Å²) in [5.41, 5.74) is 1.48. The maximum atomic E-state index is 8.81. The Bertz CT molecular complexity index is 582. The second-order valence-corrected chi connectivity index (χ2v) is 4.56. The van der Waals surface area contributed by atoms with Crippen LogP contribution in [0.1, 0.15) is 38.1 Å². The number of aromatic nitrogens is 4. The lowest BCUT2D eigenvalue weighted by atomic mass is 10.2. The predicted octanol–water partition coefficient (Wildman–Crippen LogP) is 2.23. The van der Waals surface area contributed by atoms with Crippen LogP contribution in [0, 0.1) is 11.3 Å². The van der Waals surface area contributed by atoms with Gasteiger partial charge in [-0.3, -0.25) is 0 Å². The topological polar surface area (TPSA) is 79.4 Å². The second-order valence-electron chi connectivity index (χ2n) is 4.56. The van der Waals surface area contributed by atoms with Gasteiger partial charge in [0.1, 0.15) is 0 Å². The van der Waals surface area contributed by atoms with Crippen LogP contribution < -0.4 is 5.32 Å². The fourth-order valence-corrected chi connectivity index (χ4v) is 2.01. The molecule has 0 atom stereocenters. The van der Waals surface area contributed by atoms with E-state index in [1.807, 2.05) is 12.1 Å². The number of nitrogens with zero attached hydrogens (tertiary/aromatic N) is 5. The minimum absolute atomic E-state index is 0. The summed E-state index contributed by atoms with van der Waals surface area (Å²) in [7, 11) is 0. The highest BCUT2D eigenvalue weighted by Gasteiger charge is 2.10. The smallest absolute Gasteiger partial charge is 0.170 e. The van der Waals surface area contributed by atoms with E-state index in [9.17, 15) is 0 Å². The summed E-state index contributed by atoms with van der Waals surface area (Å²) in [6.07, 6.45) is 2.16. The Balaban J connectivity index is 0.00000220. The van der Waals surface area contributed by atoms with E-state index in [2.05, 4.69) is 40.8 Å². The van der Waals surface area contributed by atoms with Crippen LogP contribution in [0.3, 0.4) is 0 Å². The minimum atomic E-state index is 0. The Labute approximate surface area is 130 Å². The van der Waals surface area contributed by atoms with Crippen LogP contribution >= 0.6 is 12.4 Å². The zero-order valence-corrected chi connectivity index (χ0v) is 13.0. The molecule has 0 aliphatic rings. The Morgan fingerprint density at radius 3 is 2.48 bits per heavy atom. The van der Waals surface area contributed by atoms with Crippen molar-refractivity contribution >= 4 is 12.4 Å². The standard InChI is InChI=1S/C14H18N6.ClH/c1-3-12(4-2)16-10-14-17-18-19-20(14)13-7-5-11(9-15)6-8-13;/h5-8,12,16H,3-4,10H2,1-2H3;1H. The molecule has 0 unspecified atom stereocenters. The molecule has 0 saturated heterocycles. The van der Waals surface area contributed by atoms with Gasteiger partial charge in [-0.25, -0.2) is 0 Å². The zero-order valence-electron chi connectivity index (χ0n) is 12.2. The third kappa shape index (κ3) is 4.25. The lowest BCUT2D eigenvalue weighted by Gasteiger charge is -2.14. The molecule has 0 amide bonds. The van der Waals surface area contributed by atoms with Gasteiger partial charge in [0.05, 0.1) is 23.9 Å². The van der Waals surface area contributed by atoms with E-state index in [1.165, 1.54) is 0 Å². The summed E-state index contributed by atoms with van der Waals surface area (Å²) >= 11 is 0. The van der Waals surface area contributed by atoms with E-state index < -0.39 is 0 Å². The number of nitrogens with one attached hydrogen (secondary N) is 1. The molecule has 2 rings (SSSR count). The molecular weight excluding hydrogens is 288 g/mol. The molecule has 6 nitrogen and oxygen atoms in total. The number of nitriles is 1. The molecule has 1 aromatic carbocycles. The van der Waals surface area contributed by atoms with Gasteiger partial charge >= 0.3 is 0 Å². The van der Waals surface area contributed by atoms with Gasteiger partial charge in [-0.1, -0.05) is 13.8 Å². The molecule has 0 radical (unpaired) electrons. The summed E-state index contributed by atoms with van der Waals surface area (Å²) in [4.78, 5) is 0. The molecule has 0 aliphatic heterocycles. The van der Waals surface area contributed by atoms with Crippen molar-refractivity contribution in [2.24, 2.45) is 0 Å². The molecular formula is C14H19ClN6. The van der Waals surface area contributed by atoms with Gasteiger partial charge in [0.2, 0.25) is 0 Å². The second kappa shape index (κ2) is 8.35. The van der Waals surface area contributed by atoms with Crippen molar-refractivity contribution in [3.05, 3.63) is 35.7 Å². The fraction of sp³-hybridized carbons (Fsp3) is 0.429. The maximum Gasteiger partial charge on any atom is 0.170 e. The molecule has 0 saturated carbocycles. The van der Waals surface area contributed by atoms with Crippen LogP contribution in [0.2, 0.25) is 0 Å². The first-order chi connectivity index (χ1) is 9.78. The minimum Gasteiger partial charge on any atom is -0.307 e. The van der Waals surface area contributed by atoms with Gasteiger partial charge < -0.3 is 5.32 Å². The molecule has 2 aromatic rings. The molecule has 1 heterocycles. The molecule has 21 heavy (non-hydrogen) atoms. The molecule has 112 valence electrons. The Kier molecular flexibility index (Phi) is 6.79. The average molecular weight is 307 g/mol. The zero-order chi connectivity index (χ0) is 14.4. The molecule has 0 bridgehead atoms. The first-order valence-electron chi connectivity index (χ1n) is 6.79. The lowest BCUT2D eigenvalue weighted by molar-refractivity contribution is 0.472. The summed E-state index contributed by atoms with van der Waals surface area (Å²) in [6, 6.07) is 9.77. The highest BCUT2D eigenvalue weighted by molar-refractivity contribution is 5.85. The lowest BCUT2D eigenvalue weighted by Crippen LogP contribution is -2.28. The molecule has 0 aliphatic carbocycles. The number of benzene rings is 1. The van der Waals surface area contributed by atoms with E-state index in [4.69, 9.17) is 5.26 Å². The molecule has 7 heteroatoms. The number of hydrogen-bond acceptors (Lipinski definition) is 5. The molecule has 0 fully saturated rings. The average Bonchev–Trinajstić information content (AvgIpc) is 2.97. The fourth-order valence-electron chi connectivity index (χ4n) is 2.01. The summed E-state index contributed by atoms with van der Waals surface area (Å²) in [6.45, 7) is 4.94. The summed E-state index contributed by atoms with van der Waals surface area (Å²) in [5, 5.41) is 24.0. The largest absolute Gasteiger partial charge is 0.307 e. The third-order valence-electron chi connectivity index (χ3n) is 3.31. The van der Waals surface area contributed by atoms with Crippen LogP contribution in [0.4, 0.5) is 0 Å². The highest BCUT2D eigenvalue weighted by Crippen LogP contribution is 2.10. The number of rotatable bonds is 6. The van der Waals surface area contributed by atoms with Crippen molar-refractivity contribution in [3.63, 3.8) is 0 Å². The number of hydrogen-bond donors (Lipinski definition) is 1. The summed E-state index contributed by atoms with van der Waals surface area (Å²) in [5.74, 6) is 0.765. The Hall–Kier alpha value is -1.97. The van der Waals surface area contributed by atoms with Crippen molar-refractivity contribution < 1.29 is 0 Å². The van der Waals surface area contributed by atoms with Gasteiger partial charge in [-0.2, -0.15) is 9.94 Å². The number of tetrazole rings is 1. The van der Waals surface area contributed by atoms with E-state index in [-0.39, 0.29) is 12.4 Å². The van der Waals surface area contributed by atoms with Crippen molar-refractivity contribution in [1.29, 1.82) is 5.26 Å². The predicted molar refractivity (Wildman–Crippen MR) is 82.3 cm³/mol. The first kappa shape index (κ1) is 17.1. The molecule has 0 spiro atoms. The van der Waals surface area contributed by atoms with Crippen LogP contribution in [0.5, 0.6) is 0 Å². The van der Waals surface area contributed by atoms with Crippen LogP contribution in [0.15, 0.2) is 24.3 Å². The van der Waals surface area contributed by atoms with Crippen molar-refractivity contribution in [1.82, 2.24) is 25.5 Å². The highest BCUT2D eigenvalue weighted by atomic mass is 35.5. The molecule has 1 aromatic heterocycles. The normalized spacial score (nSPS) is 10.2.